The molecule has 1 N–H and O–H groups in total. The van der Waals surface area contributed by atoms with Gasteiger partial charge in [0.15, 0.2) is 0 Å². The van der Waals surface area contributed by atoms with E-state index in [1.165, 1.54) is 5.56 Å². The van der Waals surface area contributed by atoms with Crippen molar-refractivity contribution in [1.29, 1.82) is 0 Å². The molecule has 1 fully saturated rings. The molecule has 1 aliphatic rings. The topological polar surface area (TPSA) is 42.7 Å². The third-order valence-electron chi connectivity index (χ3n) is 3.53. The summed E-state index contributed by atoms with van der Waals surface area (Å²) >= 11 is 0. The summed E-state index contributed by atoms with van der Waals surface area (Å²) < 4.78 is 2.23. The van der Waals surface area contributed by atoms with Crippen LogP contribution in [0.15, 0.2) is 30.3 Å². The molecule has 0 saturated carbocycles. The number of nitrogens with one attached hydrogen (secondary N) is 1. The minimum absolute atomic E-state index is 0.725. The highest BCUT2D eigenvalue weighted by atomic mass is 15.3. The molecule has 0 bridgehead atoms. The summed E-state index contributed by atoms with van der Waals surface area (Å²) in [6.07, 6.45) is 1.03. The molecule has 1 aromatic carbocycles. The Labute approximate surface area is 107 Å². The predicted molar refractivity (Wildman–Crippen MR) is 70.4 cm³/mol. The van der Waals surface area contributed by atoms with Crippen molar-refractivity contribution < 1.29 is 0 Å². The second-order valence-electron chi connectivity index (χ2n) is 4.96. The highest BCUT2D eigenvalue weighted by Crippen LogP contribution is 2.14. The fraction of sp³-hybridized carbons (Fsp3) is 0.429. The van der Waals surface area contributed by atoms with Gasteiger partial charge in [0.25, 0.3) is 0 Å². The van der Waals surface area contributed by atoms with E-state index in [2.05, 4.69) is 44.3 Å². The van der Waals surface area contributed by atoms with Crippen LogP contribution in [0.2, 0.25) is 0 Å². The van der Waals surface area contributed by atoms with Crippen LogP contribution in [-0.4, -0.2) is 27.9 Å². The summed E-state index contributed by atoms with van der Waals surface area (Å²) in [5.74, 6) is 2.84. The fourth-order valence-corrected chi connectivity index (χ4v) is 2.30. The van der Waals surface area contributed by atoms with Gasteiger partial charge in [-0.3, -0.25) is 0 Å². The zero-order chi connectivity index (χ0) is 12.4. The van der Waals surface area contributed by atoms with Gasteiger partial charge >= 0.3 is 0 Å². The molecule has 1 saturated heterocycles. The SMILES string of the molecule is Cc1nnc(CC2CNC2)n1Cc1ccccc1. The van der Waals surface area contributed by atoms with E-state index in [1.54, 1.807) is 0 Å². The van der Waals surface area contributed by atoms with Gasteiger partial charge in [-0.2, -0.15) is 0 Å². The molecule has 18 heavy (non-hydrogen) atoms. The van der Waals surface area contributed by atoms with Crippen LogP contribution in [-0.2, 0) is 13.0 Å². The zero-order valence-electron chi connectivity index (χ0n) is 10.6. The first-order chi connectivity index (χ1) is 8.83. The van der Waals surface area contributed by atoms with Crippen molar-refractivity contribution in [1.82, 2.24) is 20.1 Å². The van der Waals surface area contributed by atoms with E-state index >= 15 is 0 Å². The van der Waals surface area contributed by atoms with Crippen molar-refractivity contribution in [2.24, 2.45) is 5.92 Å². The van der Waals surface area contributed by atoms with E-state index in [4.69, 9.17) is 0 Å². The fourth-order valence-electron chi connectivity index (χ4n) is 2.30. The summed E-state index contributed by atoms with van der Waals surface area (Å²) in [4.78, 5) is 0. The van der Waals surface area contributed by atoms with Crippen LogP contribution in [0.3, 0.4) is 0 Å². The van der Waals surface area contributed by atoms with Crippen LogP contribution in [0.5, 0.6) is 0 Å². The van der Waals surface area contributed by atoms with Gasteiger partial charge in [0.05, 0.1) is 6.54 Å². The summed E-state index contributed by atoms with van der Waals surface area (Å²) in [5.41, 5.74) is 1.30. The number of benzene rings is 1. The molecule has 1 aromatic heterocycles. The van der Waals surface area contributed by atoms with Crippen LogP contribution in [0.1, 0.15) is 17.2 Å². The van der Waals surface area contributed by atoms with Gasteiger partial charge in [-0.05, 0) is 31.5 Å². The maximum absolute atomic E-state index is 4.32. The van der Waals surface area contributed by atoms with Gasteiger partial charge in [-0.15, -0.1) is 10.2 Å². The third-order valence-corrected chi connectivity index (χ3v) is 3.53. The predicted octanol–water partition coefficient (Wildman–Crippen LogP) is 1.40. The Morgan fingerprint density at radius 3 is 2.67 bits per heavy atom. The maximum Gasteiger partial charge on any atom is 0.133 e. The Hall–Kier alpha value is -1.68. The maximum atomic E-state index is 4.32. The van der Waals surface area contributed by atoms with E-state index in [9.17, 15) is 0 Å². The Kier molecular flexibility index (Phi) is 3.11. The number of aryl methyl sites for hydroxylation is 1. The van der Waals surface area contributed by atoms with E-state index in [1.807, 2.05) is 13.0 Å². The summed E-state index contributed by atoms with van der Waals surface area (Å²) in [6, 6.07) is 10.5. The minimum atomic E-state index is 0.725. The lowest BCUT2D eigenvalue weighted by Gasteiger charge is -2.26. The average molecular weight is 242 g/mol. The second-order valence-corrected chi connectivity index (χ2v) is 4.96. The van der Waals surface area contributed by atoms with Gasteiger partial charge in [0, 0.05) is 6.42 Å². The molecular weight excluding hydrogens is 224 g/mol. The van der Waals surface area contributed by atoms with Crippen molar-refractivity contribution in [3.8, 4) is 0 Å². The highest BCUT2D eigenvalue weighted by molar-refractivity contribution is 5.16. The molecule has 0 unspecified atom stereocenters. The molecule has 2 aromatic rings. The summed E-state index contributed by atoms with van der Waals surface area (Å²) in [5, 5.41) is 11.8. The van der Waals surface area contributed by atoms with Crippen molar-refractivity contribution in [2.45, 2.75) is 19.9 Å². The molecule has 0 amide bonds. The smallest absolute Gasteiger partial charge is 0.133 e. The second kappa shape index (κ2) is 4.90. The van der Waals surface area contributed by atoms with Crippen LogP contribution in [0, 0.1) is 12.8 Å². The monoisotopic (exact) mass is 242 g/mol. The lowest BCUT2D eigenvalue weighted by Crippen LogP contribution is -2.43. The van der Waals surface area contributed by atoms with Crippen LogP contribution in [0.25, 0.3) is 0 Å². The highest BCUT2D eigenvalue weighted by Gasteiger charge is 2.20. The molecule has 2 heterocycles. The lowest BCUT2D eigenvalue weighted by molar-refractivity contribution is 0.337. The normalized spacial score (nSPS) is 15.6. The average Bonchev–Trinajstić information content (AvgIpc) is 2.67. The Morgan fingerprint density at radius 1 is 1.22 bits per heavy atom. The van der Waals surface area contributed by atoms with Crippen LogP contribution < -0.4 is 5.32 Å². The Balaban J connectivity index is 1.79. The molecule has 4 heteroatoms. The third kappa shape index (κ3) is 2.29. The first-order valence-corrected chi connectivity index (χ1v) is 6.46. The molecule has 0 radical (unpaired) electrons. The van der Waals surface area contributed by atoms with Crippen LogP contribution >= 0.6 is 0 Å². The first-order valence-electron chi connectivity index (χ1n) is 6.46. The van der Waals surface area contributed by atoms with Gasteiger partial charge in [0.1, 0.15) is 11.6 Å². The zero-order valence-corrected chi connectivity index (χ0v) is 10.6. The number of hydrogen-bond donors (Lipinski definition) is 1. The number of rotatable bonds is 4. The largest absolute Gasteiger partial charge is 0.316 e. The Bertz CT molecular complexity index is 514. The van der Waals surface area contributed by atoms with Gasteiger partial charge in [-0.1, -0.05) is 30.3 Å². The van der Waals surface area contributed by atoms with E-state index < -0.39 is 0 Å². The molecule has 4 nitrogen and oxygen atoms in total. The van der Waals surface area contributed by atoms with Gasteiger partial charge in [-0.25, -0.2) is 0 Å². The molecule has 0 aliphatic carbocycles. The summed E-state index contributed by atoms with van der Waals surface area (Å²) in [7, 11) is 0. The van der Waals surface area contributed by atoms with Crippen LogP contribution in [0.4, 0.5) is 0 Å². The number of nitrogens with zero attached hydrogens (tertiary/aromatic N) is 3. The lowest BCUT2D eigenvalue weighted by atomic mass is 9.99. The summed E-state index contributed by atoms with van der Waals surface area (Å²) in [6.45, 7) is 5.11. The minimum Gasteiger partial charge on any atom is -0.316 e. The quantitative estimate of drug-likeness (QED) is 0.881. The Morgan fingerprint density at radius 2 is 2.00 bits per heavy atom. The number of hydrogen-bond acceptors (Lipinski definition) is 3. The van der Waals surface area contributed by atoms with Crippen molar-refractivity contribution >= 4 is 0 Å². The molecule has 1 aliphatic heterocycles. The van der Waals surface area contributed by atoms with Crippen molar-refractivity contribution in [3.05, 3.63) is 47.5 Å². The molecule has 0 spiro atoms. The van der Waals surface area contributed by atoms with E-state index in [0.717, 1.165) is 43.6 Å². The van der Waals surface area contributed by atoms with Gasteiger partial charge in [0.2, 0.25) is 0 Å². The number of aromatic nitrogens is 3. The molecule has 0 atom stereocenters. The first kappa shape index (κ1) is 11.4. The molecule has 94 valence electrons. The molecule has 3 rings (SSSR count). The van der Waals surface area contributed by atoms with Crippen molar-refractivity contribution in [2.75, 3.05) is 13.1 Å². The van der Waals surface area contributed by atoms with E-state index in [0.29, 0.717) is 0 Å². The van der Waals surface area contributed by atoms with E-state index in [-0.39, 0.29) is 0 Å². The van der Waals surface area contributed by atoms with Crippen molar-refractivity contribution in [3.63, 3.8) is 0 Å². The standard InChI is InChI=1S/C14H18N4/c1-11-16-17-14(7-13-8-15-9-13)18(11)10-12-5-3-2-4-6-12/h2-6,13,15H,7-10H2,1H3. The van der Waals surface area contributed by atoms with Gasteiger partial charge < -0.3 is 9.88 Å². The molecular formula is C14H18N4.